The van der Waals surface area contributed by atoms with Gasteiger partial charge in [0.1, 0.15) is 17.8 Å². The number of aromatic nitrogens is 3. The molecule has 1 aliphatic heterocycles. The van der Waals surface area contributed by atoms with Gasteiger partial charge in [0.05, 0.1) is 12.3 Å². The third-order valence-electron chi connectivity index (χ3n) is 4.88. The number of Topliss-reactive ketones (excluding diaryl/α,β-unsaturated/α-hetero) is 1. The molecule has 2 heterocycles. The predicted molar refractivity (Wildman–Crippen MR) is 88.4 cm³/mol. The zero-order chi connectivity index (χ0) is 17.6. The summed E-state index contributed by atoms with van der Waals surface area (Å²) in [6, 6.07) is 0. The first kappa shape index (κ1) is 17.8. The molecule has 7 nitrogen and oxygen atoms in total. The van der Waals surface area contributed by atoms with Gasteiger partial charge in [-0.15, -0.1) is 5.10 Å². The highest BCUT2D eigenvalue weighted by Gasteiger charge is 2.48. The molecule has 1 fully saturated rings. The lowest BCUT2D eigenvalue weighted by molar-refractivity contribution is -0.144. The number of carbonyl (C=O) groups is 2. The first-order valence-corrected chi connectivity index (χ1v) is 10.8. The molecule has 0 unspecified atom stereocenters. The fourth-order valence-electron chi connectivity index (χ4n) is 2.37. The summed E-state index contributed by atoms with van der Waals surface area (Å²) in [7, 11) is -1.97. The van der Waals surface area contributed by atoms with Gasteiger partial charge in [-0.25, -0.2) is 4.68 Å². The van der Waals surface area contributed by atoms with Crippen molar-refractivity contribution in [1.82, 2.24) is 20.3 Å². The summed E-state index contributed by atoms with van der Waals surface area (Å²) in [5.74, 6) is -0.532. The topological polar surface area (TPSA) is 86.1 Å². The van der Waals surface area contributed by atoms with Crippen LogP contribution in [0.3, 0.4) is 0 Å². The summed E-state index contributed by atoms with van der Waals surface area (Å²) in [4.78, 5) is 23.4. The minimum absolute atomic E-state index is 0.0546. The lowest BCUT2D eigenvalue weighted by Gasteiger charge is -2.45. The number of nitrogens with zero attached hydrogens (tertiary/aromatic N) is 3. The molecule has 1 aromatic heterocycles. The van der Waals surface area contributed by atoms with Crippen LogP contribution in [0.15, 0.2) is 6.20 Å². The maximum atomic E-state index is 12.0. The molecular formula is C15H26N4O3Si. The largest absolute Gasteiger partial charge is 0.413 e. The Morgan fingerprint density at radius 3 is 2.48 bits per heavy atom. The van der Waals surface area contributed by atoms with E-state index < -0.39 is 8.32 Å². The van der Waals surface area contributed by atoms with Crippen LogP contribution in [0.5, 0.6) is 0 Å². The van der Waals surface area contributed by atoms with Crippen LogP contribution in [0.1, 0.15) is 51.3 Å². The number of ketones is 1. The molecule has 1 aliphatic rings. The van der Waals surface area contributed by atoms with Crippen LogP contribution < -0.4 is 5.32 Å². The summed E-state index contributed by atoms with van der Waals surface area (Å²) in [6.07, 6.45) is 1.03. The number of amides is 1. The molecule has 0 aromatic carbocycles. The van der Waals surface area contributed by atoms with Gasteiger partial charge in [-0.05, 0) is 25.1 Å². The van der Waals surface area contributed by atoms with Crippen molar-refractivity contribution in [2.24, 2.45) is 5.92 Å². The third kappa shape index (κ3) is 3.37. The average Bonchev–Trinajstić information content (AvgIpc) is 2.82. The van der Waals surface area contributed by atoms with Crippen molar-refractivity contribution in [3.05, 3.63) is 11.9 Å². The fraction of sp³-hybridized carbons (Fsp3) is 0.733. The number of β-lactam (4-membered cyclic amide) rings is 1. The fourth-order valence-corrected chi connectivity index (χ4v) is 3.80. The maximum absolute atomic E-state index is 12.0. The minimum Gasteiger partial charge on any atom is -0.413 e. The first-order chi connectivity index (χ1) is 10.4. The van der Waals surface area contributed by atoms with Gasteiger partial charge >= 0.3 is 0 Å². The minimum atomic E-state index is -1.97. The molecule has 0 bridgehead atoms. The van der Waals surface area contributed by atoms with Crippen LogP contribution in [-0.2, 0) is 9.22 Å². The smallest absolute Gasteiger partial charge is 0.231 e. The number of rotatable bonds is 5. The van der Waals surface area contributed by atoms with E-state index in [1.165, 1.54) is 11.6 Å². The Kier molecular flexibility index (Phi) is 4.51. The van der Waals surface area contributed by atoms with Gasteiger partial charge in [-0.3, -0.25) is 9.59 Å². The van der Waals surface area contributed by atoms with Crippen LogP contribution in [-0.4, -0.2) is 41.1 Å². The summed E-state index contributed by atoms with van der Waals surface area (Å²) in [5.41, 5.74) is 0.294. The molecule has 3 atom stereocenters. The standard InChI is InChI=1S/C15H26N4O3Si/c1-9(20)11-8-19(18-17-11)13-12(14(21)16-13)10(2)22-23(6,7)15(3,4)5/h8,10,12-13H,1-7H3,(H,16,21)/t10-,12-,13-/m1/s1. The van der Waals surface area contributed by atoms with Crippen molar-refractivity contribution >= 4 is 20.0 Å². The second-order valence-corrected chi connectivity index (χ2v) is 12.5. The first-order valence-electron chi connectivity index (χ1n) is 7.85. The molecule has 0 saturated carbocycles. The van der Waals surface area contributed by atoms with Crippen LogP contribution in [0, 0.1) is 5.92 Å². The van der Waals surface area contributed by atoms with Crippen molar-refractivity contribution in [3.63, 3.8) is 0 Å². The van der Waals surface area contributed by atoms with E-state index in [4.69, 9.17) is 4.43 Å². The molecular weight excluding hydrogens is 312 g/mol. The van der Waals surface area contributed by atoms with Gasteiger partial charge in [-0.1, -0.05) is 26.0 Å². The molecule has 23 heavy (non-hydrogen) atoms. The summed E-state index contributed by atoms with van der Waals surface area (Å²) in [5, 5.41) is 10.7. The Bertz CT molecular complexity index is 620. The molecule has 1 saturated heterocycles. The Morgan fingerprint density at radius 2 is 2.04 bits per heavy atom. The van der Waals surface area contributed by atoms with Crippen molar-refractivity contribution in [2.75, 3.05) is 0 Å². The molecule has 0 radical (unpaired) electrons. The van der Waals surface area contributed by atoms with E-state index in [0.717, 1.165) is 0 Å². The zero-order valence-corrected chi connectivity index (χ0v) is 15.9. The number of nitrogens with one attached hydrogen (secondary N) is 1. The SMILES string of the molecule is CC(=O)c1cn([C@H]2NC(=O)[C@@H]2[C@@H](C)O[Si](C)(C)C(C)(C)C)nn1. The van der Waals surface area contributed by atoms with E-state index in [1.807, 2.05) is 6.92 Å². The van der Waals surface area contributed by atoms with Crippen molar-refractivity contribution in [2.45, 2.75) is 65.0 Å². The van der Waals surface area contributed by atoms with Gasteiger partial charge < -0.3 is 9.74 Å². The number of hydrogen-bond donors (Lipinski definition) is 1. The molecule has 128 valence electrons. The molecule has 8 heteroatoms. The van der Waals surface area contributed by atoms with Crippen molar-refractivity contribution < 1.29 is 14.0 Å². The highest BCUT2D eigenvalue weighted by atomic mass is 28.4. The molecule has 1 N–H and O–H groups in total. The van der Waals surface area contributed by atoms with Crippen LogP contribution in [0.2, 0.25) is 18.1 Å². The average molecular weight is 338 g/mol. The molecule has 0 aliphatic carbocycles. The molecule has 0 spiro atoms. The Labute approximate surface area is 137 Å². The van der Waals surface area contributed by atoms with Crippen molar-refractivity contribution in [1.29, 1.82) is 0 Å². The second kappa shape index (κ2) is 5.83. The van der Waals surface area contributed by atoms with Gasteiger partial charge in [0.25, 0.3) is 0 Å². The van der Waals surface area contributed by atoms with E-state index >= 15 is 0 Å². The summed E-state index contributed by atoms with van der Waals surface area (Å²) < 4.78 is 7.87. The summed E-state index contributed by atoms with van der Waals surface area (Å²) >= 11 is 0. The van der Waals surface area contributed by atoms with Gasteiger partial charge in [0.15, 0.2) is 14.1 Å². The highest BCUT2D eigenvalue weighted by molar-refractivity contribution is 6.74. The van der Waals surface area contributed by atoms with E-state index in [-0.39, 0.29) is 34.9 Å². The third-order valence-corrected chi connectivity index (χ3v) is 9.45. The van der Waals surface area contributed by atoms with E-state index in [0.29, 0.717) is 5.69 Å². The second-order valence-electron chi connectivity index (χ2n) is 7.70. The summed E-state index contributed by atoms with van der Waals surface area (Å²) in [6.45, 7) is 14.2. The Morgan fingerprint density at radius 1 is 1.43 bits per heavy atom. The van der Waals surface area contributed by atoms with Gasteiger partial charge in [-0.2, -0.15) is 0 Å². The molecule has 1 aromatic rings. The van der Waals surface area contributed by atoms with E-state index in [9.17, 15) is 9.59 Å². The predicted octanol–water partition coefficient (Wildman–Crippen LogP) is 2.14. The van der Waals surface area contributed by atoms with Crippen molar-refractivity contribution in [3.8, 4) is 0 Å². The van der Waals surface area contributed by atoms with Gasteiger partial charge in [0, 0.05) is 6.92 Å². The van der Waals surface area contributed by atoms with E-state index in [2.05, 4.69) is 49.5 Å². The normalized spacial score (nSPS) is 23.2. The van der Waals surface area contributed by atoms with Gasteiger partial charge in [0.2, 0.25) is 5.91 Å². The molecule has 2 rings (SSSR count). The zero-order valence-electron chi connectivity index (χ0n) is 14.9. The van der Waals surface area contributed by atoms with Crippen LogP contribution >= 0.6 is 0 Å². The Balaban J connectivity index is 2.14. The van der Waals surface area contributed by atoms with Crippen LogP contribution in [0.25, 0.3) is 0 Å². The number of hydrogen-bond acceptors (Lipinski definition) is 5. The lowest BCUT2D eigenvalue weighted by Crippen LogP contribution is -2.60. The quantitative estimate of drug-likeness (QED) is 0.505. The molecule has 1 amide bonds. The Hall–Kier alpha value is -1.54. The number of carbonyl (C=O) groups excluding carboxylic acids is 2. The highest BCUT2D eigenvalue weighted by Crippen LogP contribution is 2.40. The van der Waals surface area contributed by atoms with E-state index in [1.54, 1.807) is 6.20 Å². The lowest BCUT2D eigenvalue weighted by atomic mass is 9.92. The van der Waals surface area contributed by atoms with Crippen LogP contribution in [0.4, 0.5) is 0 Å². The monoisotopic (exact) mass is 338 g/mol. The maximum Gasteiger partial charge on any atom is 0.231 e.